The van der Waals surface area contributed by atoms with Crippen molar-refractivity contribution in [3.63, 3.8) is 0 Å². The summed E-state index contributed by atoms with van der Waals surface area (Å²) in [6, 6.07) is 0. The molecular formula is C23H34O5. The minimum atomic E-state index is -0.216. The van der Waals surface area contributed by atoms with Crippen molar-refractivity contribution in [3.05, 3.63) is 11.6 Å². The van der Waals surface area contributed by atoms with Crippen molar-refractivity contribution in [3.8, 4) is 0 Å². The first-order valence-corrected chi connectivity index (χ1v) is 10.9. The lowest BCUT2D eigenvalue weighted by Gasteiger charge is -2.58. The lowest BCUT2D eigenvalue weighted by Crippen LogP contribution is -2.54. The van der Waals surface area contributed by atoms with Gasteiger partial charge < -0.3 is 14.6 Å². The molecule has 0 aliphatic heterocycles. The molecule has 0 aromatic rings. The minimum Gasteiger partial charge on any atom is -0.462 e. The molecule has 0 saturated heterocycles. The first kappa shape index (κ1) is 19.9. The van der Waals surface area contributed by atoms with Gasteiger partial charge in [-0.3, -0.25) is 9.59 Å². The second kappa shape index (κ2) is 7.16. The molecule has 0 aromatic heterocycles. The van der Waals surface area contributed by atoms with E-state index >= 15 is 0 Å². The quantitative estimate of drug-likeness (QED) is 0.586. The predicted molar refractivity (Wildman–Crippen MR) is 104 cm³/mol. The molecule has 0 radical (unpaired) electrons. The van der Waals surface area contributed by atoms with Gasteiger partial charge in [0.15, 0.2) is 0 Å². The van der Waals surface area contributed by atoms with Crippen LogP contribution < -0.4 is 0 Å². The van der Waals surface area contributed by atoms with Crippen LogP contribution in [0.3, 0.4) is 0 Å². The van der Waals surface area contributed by atoms with Gasteiger partial charge in [-0.2, -0.15) is 0 Å². The number of fused-ring (bicyclic) bond motifs is 5. The highest BCUT2D eigenvalue weighted by Gasteiger charge is 2.60. The summed E-state index contributed by atoms with van der Waals surface area (Å²) in [5.41, 5.74) is 1.22. The third kappa shape index (κ3) is 3.01. The number of rotatable bonds is 3. The topological polar surface area (TPSA) is 72.8 Å². The first-order chi connectivity index (χ1) is 13.3. The SMILES string of the molecule is CC(=O)OC1CC[C@@]2(CO)C(=CC[C@@H]3[C@H]2CC[C@]2(C)C(OC(C)=O)CC[C@@H]32)C1. The maximum atomic E-state index is 11.6. The summed E-state index contributed by atoms with van der Waals surface area (Å²) in [6.45, 7) is 5.49. The zero-order chi connectivity index (χ0) is 20.1. The highest BCUT2D eigenvalue weighted by molar-refractivity contribution is 5.66. The van der Waals surface area contributed by atoms with Crippen LogP contribution in [0.15, 0.2) is 11.6 Å². The van der Waals surface area contributed by atoms with Crippen LogP contribution in [0.2, 0.25) is 0 Å². The van der Waals surface area contributed by atoms with E-state index in [1.54, 1.807) is 0 Å². The standard InChI is InChI=1S/C23H34O5/c1-14(25)27-17-8-11-23(13-24)16(12-17)4-5-18-19-6-7-21(28-15(2)26)22(19,3)10-9-20(18)23/h4,17-21,24H,5-13H2,1-3H3/t17?,18-,19-,20+,21?,22-,23+/m0/s1. The molecule has 4 aliphatic rings. The Hall–Kier alpha value is -1.36. The Labute approximate surface area is 167 Å². The van der Waals surface area contributed by atoms with Crippen LogP contribution >= 0.6 is 0 Å². The second-order valence-corrected chi connectivity index (χ2v) is 9.85. The van der Waals surface area contributed by atoms with E-state index in [0.717, 1.165) is 51.4 Å². The predicted octanol–water partition coefficient (Wildman–Crippen LogP) is 3.79. The van der Waals surface area contributed by atoms with Gasteiger partial charge in [0.05, 0.1) is 6.61 Å². The number of ether oxygens (including phenoxy) is 2. The van der Waals surface area contributed by atoms with Crippen LogP contribution in [0.25, 0.3) is 0 Å². The van der Waals surface area contributed by atoms with E-state index < -0.39 is 0 Å². The number of esters is 2. The summed E-state index contributed by atoms with van der Waals surface area (Å²) < 4.78 is 11.2. The molecule has 0 spiro atoms. The van der Waals surface area contributed by atoms with Crippen LogP contribution in [0.1, 0.15) is 72.1 Å². The van der Waals surface area contributed by atoms with Crippen LogP contribution in [-0.4, -0.2) is 35.9 Å². The molecule has 0 heterocycles. The lowest BCUT2D eigenvalue weighted by atomic mass is 9.47. The fourth-order valence-corrected chi connectivity index (χ4v) is 7.40. The van der Waals surface area contributed by atoms with Crippen molar-refractivity contribution in [2.24, 2.45) is 28.6 Å². The molecule has 0 aromatic carbocycles. The van der Waals surface area contributed by atoms with Gasteiger partial charge >= 0.3 is 11.9 Å². The third-order valence-electron chi connectivity index (χ3n) is 8.62. The molecule has 2 unspecified atom stereocenters. The maximum absolute atomic E-state index is 11.6. The zero-order valence-corrected chi connectivity index (χ0v) is 17.4. The Morgan fingerprint density at radius 2 is 1.82 bits per heavy atom. The van der Waals surface area contributed by atoms with E-state index in [1.807, 2.05) is 0 Å². The normalized spacial score (nSPS) is 44.6. The number of aliphatic hydroxyl groups is 1. The number of carbonyl (C=O) groups is 2. The molecule has 0 amide bonds. The average molecular weight is 391 g/mol. The second-order valence-electron chi connectivity index (χ2n) is 9.85. The molecule has 5 heteroatoms. The third-order valence-corrected chi connectivity index (χ3v) is 8.62. The van der Waals surface area contributed by atoms with Crippen molar-refractivity contribution in [2.45, 2.75) is 84.3 Å². The van der Waals surface area contributed by atoms with Gasteiger partial charge in [0, 0.05) is 31.1 Å². The smallest absolute Gasteiger partial charge is 0.302 e. The van der Waals surface area contributed by atoms with E-state index in [-0.39, 0.29) is 41.6 Å². The van der Waals surface area contributed by atoms with E-state index in [9.17, 15) is 14.7 Å². The average Bonchev–Trinajstić information content (AvgIpc) is 2.97. The molecule has 156 valence electrons. The van der Waals surface area contributed by atoms with Crippen molar-refractivity contribution in [2.75, 3.05) is 6.61 Å². The number of carbonyl (C=O) groups excluding carboxylic acids is 2. The summed E-state index contributed by atoms with van der Waals surface area (Å²) in [4.78, 5) is 23.0. The summed E-state index contributed by atoms with van der Waals surface area (Å²) in [6.07, 6.45) is 10.0. The van der Waals surface area contributed by atoms with Crippen LogP contribution in [0.5, 0.6) is 0 Å². The minimum absolute atomic E-state index is 0.0334. The summed E-state index contributed by atoms with van der Waals surface area (Å²) in [7, 11) is 0. The number of hydrogen-bond acceptors (Lipinski definition) is 5. The van der Waals surface area contributed by atoms with Gasteiger partial charge in [0.1, 0.15) is 12.2 Å². The Balaban J connectivity index is 1.59. The highest BCUT2D eigenvalue weighted by atomic mass is 16.5. The monoisotopic (exact) mass is 390 g/mol. The van der Waals surface area contributed by atoms with E-state index in [2.05, 4.69) is 13.0 Å². The number of allylic oxidation sites excluding steroid dienone is 1. The Morgan fingerprint density at radius 3 is 2.50 bits per heavy atom. The van der Waals surface area contributed by atoms with Gasteiger partial charge in [-0.15, -0.1) is 0 Å². The van der Waals surface area contributed by atoms with Crippen molar-refractivity contribution in [1.82, 2.24) is 0 Å². The molecule has 1 N–H and O–H groups in total. The molecule has 3 fully saturated rings. The molecule has 0 bridgehead atoms. The number of hydrogen-bond donors (Lipinski definition) is 1. The fourth-order valence-electron chi connectivity index (χ4n) is 7.40. The lowest BCUT2D eigenvalue weighted by molar-refractivity contribution is -0.158. The van der Waals surface area contributed by atoms with Gasteiger partial charge in [-0.1, -0.05) is 18.6 Å². The van der Waals surface area contributed by atoms with E-state index in [0.29, 0.717) is 17.8 Å². The Kier molecular flexibility index (Phi) is 5.09. The van der Waals surface area contributed by atoms with Crippen LogP contribution in [0.4, 0.5) is 0 Å². The Bertz CT molecular complexity index is 684. The molecule has 7 atom stereocenters. The van der Waals surface area contributed by atoms with Gasteiger partial charge in [-0.25, -0.2) is 0 Å². The highest BCUT2D eigenvalue weighted by Crippen LogP contribution is 2.65. The Morgan fingerprint density at radius 1 is 1.07 bits per heavy atom. The van der Waals surface area contributed by atoms with Crippen LogP contribution in [-0.2, 0) is 19.1 Å². The van der Waals surface area contributed by atoms with Crippen molar-refractivity contribution < 1.29 is 24.2 Å². The van der Waals surface area contributed by atoms with E-state index in [4.69, 9.17) is 9.47 Å². The zero-order valence-electron chi connectivity index (χ0n) is 17.4. The van der Waals surface area contributed by atoms with Crippen molar-refractivity contribution in [1.29, 1.82) is 0 Å². The largest absolute Gasteiger partial charge is 0.462 e. The van der Waals surface area contributed by atoms with E-state index in [1.165, 1.54) is 19.4 Å². The van der Waals surface area contributed by atoms with Gasteiger partial charge in [0.2, 0.25) is 0 Å². The summed E-state index contributed by atoms with van der Waals surface area (Å²) in [5, 5.41) is 10.5. The van der Waals surface area contributed by atoms with Gasteiger partial charge in [0.25, 0.3) is 0 Å². The maximum Gasteiger partial charge on any atom is 0.302 e. The molecule has 4 aliphatic carbocycles. The van der Waals surface area contributed by atoms with Crippen LogP contribution in [0, 0.1) is 28.6 Å². The molecule has 5 nitrogen and oxygen atoms in total. The van der Waals surface area contributed by atoms with Gasteiger partial charge in [-0.05, 0) is 62.7 Å². The number of aliphatic hydroxyl groups excluding tert-OH is 1. The van der Waals surface area contributed by atoms with Crippen molar-refractivity contribution >= 4 is 11.9 Å². The molecule has 4 rings (SSSR count). The fraction of sp³-hybridized carbons (Fsp3) is 0.826. The summed E-state index contributed by atoms with van der Waals surface area (Å²) in [5.74, 6) is 1.18. The molecule has 28 heavy (non-hydrogen) atoms. The first-order valence-electron chi connectivity index (χ1n) is 10.9. The molecule has 3 saturated carbocycles. The molecular weight excluding hydrogens is 356 g/mol. The summed E-state index contributed by atoms with van der Waals surface area (Å²) >= 11 is 0.